The highest BCUT2D eigenvalue weighted by molar-refractivity contribution is 4.91. The van der Waals surface area contributed by atoms with Gasteiger partial charge in [0.25, 0.3) is 0 Å². The molecule has 0 aromatic carbocycles. The second-order valence-electron chi connectivity index (χ2n) is 6.66. The quantitative estimate of drug-likeness (QED) is 0.917. The number of fused-ring (bicyclic) bond motifs is 1. The van der Waals surface area contributed by atoms with Crippen molar-refractivity contribution in [3.05, 3.63) is 18.5 Å². The van der Waals surface area contributed by atoms with Crippen molar-refractivity contribution >= 4 is 0 Å². The SMILES string of the molecule is C[C@@H]1CCN(C[C@H](O)Cn2cccn2)[C@@H]2CCCC[C@@H]12. The molecule has 20 heavy (non-hydrogen) atoms. The monoisotopic (exact) mass is 277 g/mol. The largest absolute Gasteiger partial charge is 0.390 e. The van der Waals surface area contributed by atoms with Crippen molar-refractivity contribution in [3.63, 3.8) is 0 Å². The van der Waals surface area contributed by atoms with Crippen molar-refractivity contribution in [1.29, 1.82) is 0 Å². The fourth-order valence-electron chi connectivity index (χ4n) is 4.19. The zero-order valence-corrected chi connectivity index (χ0v) is 12.5. The van der Waals surface area contributed by atoms with Gasteiger partial charge in [0.15, 0.2) is 0 Å². The van der Waals surface area contributed by atoms with Crippen molar-refractivity contribution in [2.45, 2.75) is 57.7 Å². The highest BCUT2D eigenvalue weighted by Crippen LogP contribution is 2.38. The van der Waals surface area contributed by atoms with Crippen molar-refractivity contribution in [3.8, 4) is 0 Å². The molecule has 1 aromatic rings. The van der Waals surface area contributed by atoms with Crippen LogP contribution in [-0.2, 0) is 6.54 Å². The average Bonchev–Trinajstić information content (AvgIpc) is 2.95. The van der Waals surface area contributed by atoms with Crippen LogP contribution in [0.1, 0.15) is 39.0 Å². The highest BCUT2D eigenvalue weighted by Gasteiger charge is 2.37. The van der Waals surface area contributed by atoms with Gasteiger partial charge >= 0.3 is 0 Å². The zero-order chi connectivity index (χ0) is 13.9. The number of aliphatic hydroxyl groups excluding tert-OH is 1. The molecular formula is C16H27N3O. The minimum absolute atomic E-state index is 0.314. The molecule has 1 saturated carbocycles. The molecule has 1 aromatic heterocycles. The van der Waals surface area contributed by atoms with Crippen LogP contribution in [0.5, 0.6) is 0 Å². The Hall–Kier alpha value is -0.870. The Bertz CT molecular complexity index is 406. The molecule has 0 unspecified atom stereocenters. The molecule has 0 bridgehead atoms. The molecule has 4 atom stereocenters. The molecule has 112 valence electrons. The summed E-state index contributed by atoms with van der Waals surface area (Å²) in [6.07, 6.45) is 10.1. The van der Waals surface area contributed by atoms with E-state index in [0.29, 0.717) is 12.6 Å². The van der Waals surface area contributed by atoms with E-state index in [1.54, 1.807) is 6.20 Å². The molecular weight excluding hydrogens is 250 g/mol. The van der Waals surface area contributed by atoms with Crippen molar-refractivity contribution in [1.82, 2.24) is 14.7 Å². The summed E-state index contributed by atoms with van der Waals surface area (Å²) in [7, 11) is 0. The van der Waals surface area contributed by atoms with Crippen LogP contribution in [0.25, 0.3) is 0 Å². The molecule has 2 fully saturated rings. The predicted octanol–water partition coefficient (Wildman–Crippen LogP) is 2.14. The summed E-state index contributed by atoms with van der Waals surface area (Å²) in [4.78, 5) is 2.55. The first-order valence-electron chi connectivity index (χ1n) is 8.13. The van der Waals surface area contributed by atoms with Gasteiger partial charge in [-0.2, -0.15) is 5.10 Å². The van der Waals surface area contributed by atoms with Gasteiger partial charge in [-0.25, -0.2) is 0 Å². The summed E-state index contributed by atoms with van der Waals surface area (Å²) >= 11 is 0. The minimum Gasteiger partial charge on any atom is -0.390 e. The maximum absolute atomic E-state index is 10.3. The smallest absolute Gasteiger partial charge is 0.0862 e. The summed E-state index contributed by atoms with van der Waals surface area (Å²) < 4.78 is 1.83. The van der Waals surface area contributed by atoms with Gasteiger partial charge in [-0.1, -0.05) is 19.8 Å². The van der Waals surface area contributed by atoms with Gasteiger partial charge in [-0.15, -0.1) is 0 Å². The first-order valence-corrected chi connectivity index (χ1v) is 8.13. The second kappa shape index (κ2) is 6.27. The molecule has 1 saturated heterocycles. The first-order chi connectivity index (χ1) is 9.74. The molecule has 3 rings (SSSR count). The van der Waals surface area contributed by atoms with Crippen LogP contribution in [-0.4, -0.2) is 45.0 Å². The van der Waals surface area contributed by atoms with Crippen molar-refractivity contribution in [2.24, 2.45) is 11.8 Å². The van der Waals surface area contributed by atoms with E-state index in [4.69, 9.17) is 0 Å². The fourth-order valence-corrected chi connectivity index (χ4v) is 4.19. The van der Waals surface area contributed by atoms with E-state index >= 15 is 0 Å². The second-order valence-corrected chi connectivity index (χ2v) is 6.66. The Labute approximate surface area is 121 Å². The number of hydrogen-bond acceptors (Lipinski definition) is 3. The Kier molecular flexibility index (Phi) is 4.41. The first kappa shape index (κ1) is 14.1. The van der Waals surface area contributed by atoms with Crippen LogP contribution in [0.3, 0.4) is 0 Å². The topological polar surface area (TPSA) is 41.3 Å². The Morgan fingerprint density at radius 3 is 2.90 bits per heavy atom. The van der Waals surface area contributed by atoms with Crippen molar-refractivity contribution in [2.75, 3.05) is 13.1 Å². The third kappa shape index (κ3) is 3.07. The van der Waals surface area contributed by atoms with E-state index in [9.17, 15) is 5.11 Å². The zero-order valence-electron chi connectivity index (χ0n) is 12.5. The number of nitrogens with zero attached hydrogens (tertiary/aromatic N) is 3. The fraction of sp³-hybridized carbons (Fsp3) is 0.812. The Balaban J connectivity index is 1.58. The lowest BCUT2D eigenvalue weighted by Gasteiger charge is -2.47. The molecule has 0 amide bonds. The Morgan fingerprint density at radius 2 is 2.10 bits per heavy atom. The summed E-state index contributed by atoms with van der Waals surface area (Å²) in [5.74, 6) is 1.72. The molecule has 1 aliphatic heterocycles. The molecule has 0 spiro atoms. The molecule has 4 nitrogen and oxygen atoms in total. The van der Waals surface area contributed by atoms with E-state index in [-0.39, 0.29) is 6.10 Å². The molecule has 1 aliphatic carbocycles. The van der Waals surface area contributed by atoms with E-state index in [1.807, 2.05) is 16.9 Å². The molecule has 4 heteroatoms. The predicted molar refractivity (Wildman–Crippen MR) is 79.3 cm³/mol. The summed E-state index contributed by atoms with van der Waals surface area (Å²) in [5.41, 5.74) is 0. The normalized spacial score (nSPS) is 32.8. The van der Waals surface area contributed by atoms with Crippen molar-refractivity contribution < 1.29 is 5.11 Å². The molecule has 2 aliphatic rings. The molecule has 1 N–H and O–H groups in total. The van der Waals surface area contributed by atoms with E-state index in [1.165, 1.54) is 32.1 Å². The third-order valence-corrected chi connectivity index (χ3v) is 5.26. The maximum Gasteiger partial charge on any atom is 0.0862 e. The lowest BCUT2D eigenvalue weighted by Crippen LogP contribution is -2.52. The van der Waals surface area contributed by atoms with Crippen LogP contribution in [0.4, 0.5) is 0 Å². The standard InChI is InChI=1S/C16H27N3O/c1-13-7-10-18(16-6-3-2-5-15(13)16)11-14(20)12-19-9-4-8-17-19/h4,8-9,13-16,20H,2-3,5-7,10-12H2,1H3/t13-,14+,15+,16-/m1/s1. The molecule has 0 radical (unpaired) electrons. The lowest BCUT2D eigenvalue weighted by atomic mass is 9.72. The number of piperidine rings is 1. The molecule has 2 heterocycles. The van der Waals surface area contributed by atoms with Gasteiger partial charge in [0, 0.05) is 25.0 Å². The van der Waals surface area contributed by atoms with Crippen LogP contribution < -0.4 is 0 Å². The number of aliphatic hydroxyl groups is 1. The van der Waals surface area contributed by atoms with Gasteiger partial charge in [0.05, 0.1) is 12.6 Å². The van der Waals surface area contributed by atoms with E-state index < -0.39 is 0 Å². The summed E-state index contributed by atoms with van der Waals surface area (Å²) in [6, 6.07) is 2.62. The number of hydrogen-bond donors (Lipinski definition) is 1. The van der Waals surface area contributed by atoms with E-state index in [0.717, 1.165) is 24.9 Å². The van der Waals surface area contributed by atoms with E-state index in [2.05, 4.69) is 16.9 Å². The number of aromatic nitrogens is 2. The number of β-amino-alcohol motifs (C(OH)–C–C–N with tert-alkyl or cyclic N) is 1. The summed E-state index contributed by atoms with van der Waals surface area (Å²) in [6.45, 7) is 4.98. The van der Waals surface area contributed by atoms with Gasteiger partial charge < -0.3 is 5.11 Å². The number of likely N-dealkylation sites (tertiary alicyclic amines) is 1. The number of rotatable bonds is 4. The minimum atomic E-state index is -0.314. The Morgan fingerprint density at radius 1 is 1.25 bits per heavy atom. The van der Waals surface area contributed by atoms with Gasteiger partial charge in [0.1, 0.15) is 0 Å². The van der Waals surface area contributed by atoms with Crippen LogP contribution >= 0.6 is 0 Å². The van der Waals surface area contributed by atoms with Crippen LogP contribution in [0.2, 0.25) is 0 Å². The maximum atomic E-state index is 10.3. The summed E-state index contributed by atoms with van der Waals surface area (Å²) in [5, 5.41) is 14.5. The third-order valence-electron chi connectivity index (χ3n) is 5.26. The van der Waals surface area contributed by atoms with Crippen LogP contribution in [0.15, 0.2) is 18.5 Å². The van der Waals surface area contributed by atoms with Crippen LogP contribution in [0, 0.1) is 11.8 Å². The highest BCUT2D eigenvalue weighted by atomic mass is 16.3. The lowest BCUT2D eigenvalue weighted by molar-refractivity contribution is -0.00726. The van der Waals surface area contributed by atoms with Gasteiger partial charge in [0.2, 0.25) is 0 Å². The average molecular weight is 277 g/mol. The van der Waals surface area contributed by atoms with Gasteiger partial charge in [-0.05, 0) is 43.7 Å². The van der Waals surface area contributed by atoms with Gasteiger partial charge in [-0.3, -0.25) is 9.58 Å².